The van der Waals surface area contributed by atoms with Crippen molar-refractivity contribution in [2.24, 2.45) is 0 Å². The maximum absolute atomic E-state index is 12.2. The lowest BCUT2D eigenvalue weighted by molar-refractivity contribution is -0.147. The highest BCUT2D eigenvalue weighted by atomic mass is 32.2. The first-order valence-corrected chi connectivity index (χ1v) is 9.13. The van der Waals surface area contributed by atoms with E-state index in [4.69, 9.17) is 0 Å². The monoisotopic (exact) mass is 360 g/mol. The number of nitrogens with one attached hydrogen (secondary N) is 1. The van der Waals surface area contributed by atoms with E-state index in [9.17, 15) is 14.7 Å². The van der Waals surface area contributed by atoms with Crippen molar-refractivity contribution in [2.45, 2.75) is 43.3 Å². The Labute approximate surface area is 149 Å². The molecular weight excluding hydrogens is 340 g/mol. The summed E-state index contributed by atoms with van der Waals surface area (Å²) in [6.45, 7) is 2.01. The minimum Gasteiger partial charge on any atom is -0.480 e. The van der Waals surface area contributed by atoms with Crippen molar-refractivity contribution in [1.82, 2.24) is 20.1 Å². The van der Waals surface area contributed by atoms with E-state index in [-0.39, 0.29) is 11.7 Å². The summed E-state index contributed by atoms with van der Waals surface area (Å²) in [4.78, 5) is 23.8. The molecule has 1 aromatic carbocycles. The van der Waals surface area contributed by atoms with Crippen molar-refractivity contribution < 1.29 is 14.7 Å². The van der Waals surface area contributed by atoms with Gasteiger partial charge in [0.2, 0.25) is 5.91 Å². The highest BCUT2D eigenvalue weighted by Crippen LogP contribution is 2.30. The number of carboxylic acid groups (broad SMARTS) is 1. The number of amides is 1. The smallest absolute Gasteiger partial charge is 0.329 e. The van der Waals surface area contributed by atoms with Gasteiger partial charge in [0.15, 0.2) is 5.16 Å². The van der Waals surface area contributed by atoms with Gasteiger partial charge in [-0.1, -0.05) is 42.3 Å². The van der Waals surface area contributed by atoms with E-state index in [1.165, 1.54) is 11.8 Å². The predicted molar refractivity (Wildman–Crippen MR) is 93.8 cm³/mol. The Bertz CT molecular complexity index is 766. The summed E-state index contributed by atoms with van der Waals surface area (Å²) in [6.07, 6.45) is 4.21. The molecule has 2 aromatic rings. The second-order valence-electron chi connectivity index (χ2n) is 6.25. The highest BCUT2D eigenvalue weighted by Gasteiger charge is 2.42. The summed E-state index contributed by atoms with van der Waals surface area (Å²) in [5.41, 5.74) is 0.958. The van der Waals surface area contributed by atoms with Crippen LogP contribution in [0.5, 0.6) is 0 Å². The van der Waals surface area contributed by atoms with Crippen LogP contribution in [0, 0.1) is 6.92 Å². The number of nitrogens with zero attached hydrogens (tertiary/aromatic N) is 3. The zero-order chi connectivity index (χ0) is 17.9. The molecule has 0 radical (unpaired) electrons. The maximum Gasteiger partial charge on any atom is 0.329 e. The van der Waals surface area contributed by atoms with Crippen molar-refractivity contribution in [3.05, 3.63) is 36.2 Å². The molecular formula is C17H20N4O3S. The molecule has 3 rings (SSSR count). The van der Waals surface area contributed by atoms with Gasteiger partial charge in [-0.25, -0.2) is 4.79 Å². The quantitative estimate of drug-likeness (QED) is 0.767. The number of hydrogen-bond donors (Lipinski definition) is 2. The van der Waals surface area contributed by atoms with E-state index in [0.29, 0.717) is 18.0 Å². The van der Waals surface area contributed by atoms with Crippen LogP contribution in [0.25, 0.3) is 5.69 Å². The van der Waals surface area contributed by atoms with Crippen molar-refractivity contribution in [3.63, 3.8) is 0 Å². The molecule has 132 valence electrons. The molecule has 7 nitrogen and oxygen atoms in total. The summed E-state index contributed by atoms with van der Waals surface area (Å²) in [6, 6.07) is 7.90. The molecule has 0 unspecified atom stereocenters. The molecule has 0 bridgehead atoms. The van der Waals surface area contributed by atoms with E-state index in [2.05, 4.69) is 15.5 Å². The van der Waals surface area contributed by atoms with Crippen molar-refractivity contribution in [1.29, 1.82) is 0 Å². The topological polar surface area (TPSA) is 97.1 Å². The zero-order valence-corrected chi connectivity index (χ0v) is 14.8. The Morgan fingerprint density at radius 3 is 2.60 bits per heavy atom. The second-order valence-corrected chi connectivity index (χ2v) is 7.19. The van der Waals surface area contributed by atoms with Crippen LogP contribution in [0.1, 0.15) is 31.2 Å². The lowest BCUT2D eigenvalue weighted by Crippen LogP contribution is -2.53. The number of rotatable bonds is 6. The molecule has 1 saturated carbocycles. The lowest BCUT2D eigenvalue weighted by atomic mass is 9.98. The SMILES string of the molecule is Cc1ccc(-n2cnnc2SCC(=O)NC2(C(=O)O)CCCC2)cc1. The number of aliphatic carboxylic acids is 1. The minimum atomic E-state index is -1.11. The Hall–Kier alpha value is -2.35. The van der Waals surface area contributed by atoms with Gasteiger partial charge in [0, 0.05) is 5.69 Å². The average molecular weight is 360 g/mol. The standard InChI is InChI=1S/C17H20N4O3S/c1-12-4-6-13(7-5-12)21-11-18-20-16(21)25-10-14(22)19-17(15(23)24)8-2-3-9-17/h4-7,11H,2-3,8-10H2,1H3,(H,19,22)(H,23,24). The van der Waals surface area contributed by atoms with Gasteiger partial charge in [0.25, 0.3) is 0 Å². The first kappa shape index (κ1) is 17.5. The predicted octanol–water partition coefficient (Wildman–Crippen LogP) is 2.18. The molecule has 1 amide bonds. The van der Waals surface area contributed by atoms with Crippen LogP contribution in [0.4, 0.5) is 0 Å². The van der Waals surface area contributed by atoms with Crippen molar-refractivity contribution >= 4 is 23.6 Å². The number of carbonyl (C=O) groups is 2. The molecule has 2 N–H and O–H groups in total. The van der Waals surface area contributed by atoms with Crippen molar-refractivity contribution in [2.75, 3.05) is 5.75 Å². The fourth-order valence-electron chi connectivity index (χ4n) is 3.01. The van der Waals surface area contributed by atoms with Gasteiger partial charge in [0.1, 0.15) is 11.9 Å². The first-order chi connectivity index (χ1) is 12.0. The summed E-state index contributed by atoms with van der Waals surface area (Å²) in [7, 11) is 0. The summed E-state index contributed by atoms with van der Waals surface area (Å²) < 4.78 is 1.81. The van der Waals surface area contributed by atoms with Gasteiger partial charge in [-0.2, -0.15) is 0 Å². The largest absolute Gasteiger partial charge is 0.480 e. The van der Waals surface area contributed by atoms with Gasteiger partial charge in [-0.3, -0.25) is 9.36 Å². The van der Waals surface area contributed by atoms with E-state index >= 15 is 0 Å². The molecule has 1 heterocycles. The Morgan fingerprint density at radius 2 is 1.96 bits per heavy atom. The first-order valence-electron chi connectivity index (χ1n) is 8.14. The number of carboxylic acids is 1. The van der Waals surface area contributed by atoms with Gasteiger partial charge in [-0.05, 0) is 31.9 Å². The third-order valence-corrected chi connectivity index (χ3v) is 5.35. The Balaban J connectivity index is 1.64. The van der Waals surface area contributed by atoms with Crippen LogP contribution in [-0.2, 0) is 9.59 Å². The molecule has 8 heteroatoms. The molecule has 1 aliphatic rings. The van der Waals surface area contributed by atoms with Crippen LogP contribution >= 0.6 is 11.8 Å². The van der Waals surface area contributed by atoms with Crippen LogP contribution < -0.4 is 5.32 Å². The van der Waals surface area contributed by atoms with E-state index in [0.717, 1.165) is 24.1 Å². The number of hydrogen-bond acceptors (Lipinski definition) is 5. The number of thioether (sulfide) groups is 1. The molecule has 0 aliphatic heterocycles. The van der Waals surface area contributed by atoms with Gasteiger partial charge < -0.3 is 10.4 Å². The van der Waals surface area contributed by atoms with Gasteiger partial charge in [-0.15, -0.1) is 10.2 Å². The fraction of sp³-hybridized carbons (Fsp3) is 0.412. The normalized spacial score (nSPS) is 15.9. The van der Waals surface area contributed by atoms with E-state index in [1.807, 2.05) is 31.2 Å². The third-order valence-electron chi connectivity index (χ3n) is 4.41. The third kappa shape index (κ3) is 3.84. The molecule has 0 atom stereocenters. The average Bonchev–Trinajstić information content (AvgIpc) is 3.23. The van der Waals surface area contributed by atoms with E-state index < -0.39 is 11.5 Å². The van der Waals surface area contributed by atoms with E-state index in [1.54, 1.807) is 10.9 Å². The molecule has 0 spiro atoms. The van der Waals surface area contributed by atoms with Crippen LogP contribution in [0.2, 0.25) is 0 Å². The second kappa shape index (κ2) is 7.26. The fourth-order valence-corrected chi connectivity index (χ4v) is 3.74. The molecule has 1 aliphatic carbocycles. The summed E-state index contributed by atoms with van der Waals surface area (Å²) in [5.74, 6) is -1.15. The Morgan fingerprint density at radius 1 is 1.28 bits per heavy atom. The van der Waals surface area contributed by atoms with Gasteiger partial charge >= 0.3 is 5.97 Å². The summed E-state index contributed by atoms with van der Waals surface area (Å²) in [5, 5.41) is 20.7. The number of carbonyl (C=O) groups excluding carboxylic acids is 1. The zero-order valence-electron chi connectivity index (χ0n) is 13.9. The molecule has 1 fully saturated rings. The maximum atomic E-state index is 12.2. The number of aryl methyl sites for hydroxylation is 1. The highest BCUT2D eigenvalue weighted by molar-refractivity contribution is 7.99. The van der Waals surface area contributed by atoms with Crippen LogP contribution in [-0.4, -0.2) is 43.0 Å². The minimum absolute atomic E-state index is 0.0968. The molecule has 25 heavy (non-hydrogen) atoms. The van der Waals surface area contributed by atoms with Crippen molar-refractivity contribution in [3.8, 4) is 5.69 Å². The Kier molecular flexibility index (Phi) is 5.08. The lowest BCUT2D eigenvalue weighted by Gasteiger charge is -2.25. The van der Waals surface area contributed by atoms with Gasteiger partial charge in [0.05, 0.1) is 5.75 Å². The number of aromatic nitrogens is 3. The summed E-state index contributed by atoms with van der Waals surface area (Å²) >= 11 is 1.24. The van der Waals surface area contributed by atoms with Crippen LogP contribution in [0.3, 0.4) is 0 Å². The number of benzene rings is 1. The molecule has 0 saturated heterocycles. The molecule has 1 aromatic heterocycles. The van der Waals surface area contributed by atoms with Crippen LogP contribution in [0.15, 0.2) is 35.7 Å².